The van der Waals surface area contributed by atoms with Crippen molar-refractivity contribution in [1.29, 1.82) is 5.26 Å². The number of benzene rings is 1. The number of nitrogen functional groups attached to an aromatic ring is 1. The number of ketones is 1. The van der Waals surface area contributed by atoms with Gasteiger partial charge in [0.05, 0.1) is 10.5 Å². The van der Waals surface area contributed by atoms with E-state index in [1.807, 2.05) is 0 Å². The molecular weight excluding hydrogens is 198 g/mol. The minimum absolute atomic E-state index is 0.0385. The van der Waals surface area contributed by atoms with Crippen LogP contribution in [0.3, 0.4) is 0 Å². The Hall–Kier alpha value is -2.42. The summed E-state index contributed by atoms with van der Waals surface area (Å²) in [6, 6.07) is 4.25. The molecule has 0 saturated heterocycles. The maximum atomic E-state index is 11.2. The lowest BCUT2D eigenvalue weighted by Gasteiger charge is -2.03. The zero-order valence-electron chi connectivity index (χ0n) is 7.85. The maximum Gasteiger partial charge on any atom is 0.304 e. The molecule has 0 saturated carbocycles. The molecule has 0 aliphatic carbocycles. The van der Waals surface area contributed by atoms with E-state index in [1.165, 1.54) is 12.1 Å². The second kappa shape index (κ2) is 3.75. The number of nitro groups is 1. The first kappa shape index (κ1) is 10.7. The second-order valence-electron chi connectivity index (χ2n) is 2.85. The van der Waals surface area contributed by atoms with Crippen molar-refractivity contribution in [2.75, 3.05) is 5.73 Å². The lowest BCUT2D eigenvalue weighted by molar-refractivity contribution is -0.384. The number of nitriles is 1. The fourth-order valence-corrected chi connectivity index (χ4v) is 1.25. The number of carbonyl (C=O) groups excluding carboxylic acids is 1. The number of rotatable bonds is 2. The van der Waals surface area contributed by atoms with Crippen LogP contribution in [-0.2, 0) is 0 Å². The summed E-state index contributed by atoms with van der Waals surface area (Å²) < 4.78 is 0. The molecular formula is C9H7N3O3. The van der Waals surface area contributed by atoms with Crippen molar-refractivity contribution in [2.24, 2.45) is 0 Å². The molecule has 0 spiro atoms. The molecule has 1 aromatic rings. The molecule has 76 valence electrons. The third-order valence-electron chi connectivity index (χ3n) is 1.86. The molecule has 0 aliphatic heterocycles. The maximum absolute atomic E-state index is 11.2. The third-order valence-corrected chi connectivity index (χ3v) is 1.86. The van der Waals surface area contributed by atoms with Crippen molar-refractivity contribution in [2.45, 2.75) is 6.92 Å². The first-order valence-electron chi connectivity index (χ1n) is 3.97. The van der Waals surface area contributed by atoms with Gasteiger partial charge in [0.25, 0.3) is 0 Å². The summed E-state index contributed by atoms with van der Waals surface area (Å²) in [5.74, 6) is -0.550. The van der Waals surface area contributed by atoms with Gasteiger partial charge in [-0.05, 0) is 19.1 Å². The van der Waals surface area contributed by atoms with E-state index in [-0.39, 0.29) is 16.8 Å². The van der Waals surface area contributed by atoms with Gasteiger partial charge in [0, 0.05) is 0 Å². The number of nitrogens with zero attached hydrogens (tertiary/aromatic N) is 2. The highest BCUT2D eigenvalue weighted by molar-refractivity contribution is 6.02. The summed E-state index contributed by atoms with van der Waals surface area (Å²) in [5.41, 5.74) is 4.49. The summed E-state index contributed by atoms with van der Waals surface area (Å²) in [6.45, 7) is 1.16. The van der Waals surface area contributed by atoms with Crippen LogP contribution in [0.5, 0.6) is 0 Å². The Labute approximate surface area is 85.1 Å². The monoisotopic (exact) mass is 205 g/mol. The van der Waals surface area contributed by atoms with Gasteiger partial charge in [-0.2, -0.15) is 5.26 Å². The van der Waals surface area contributed by atoms with Crippen molar-refractivity contribution in [3.8, 4) is 6.07 Å². The summed E-state index contributed by atoms with van der Waals surface area (Å²) in [5, 5.41) is 19.4. The third kappa shape index (κ3) is 1.76. The highest BCUT2D eigenvalue weighted by atomic mass is 16.6. The van der Waals surface area contributed by atoms with Crippen LogP contribution < -0.4 is 5.73 Å². The molecule has 0 bridgehead atoms. The molecule has 0 amide bonds. The number of carbonyl (C=O) groups is 1. The quantitative estimate of drug-likeness (QED) is 0.338. The van der Waals surface area contributed by atoms with Gasteiger partial charge in [-0.25, -0.2) is 0 Å². The van der Waals surface area contributed by atoms with Crippen molar-refractivity contribution in [1.82, 2.24) is 0 Å². The number of Topliss-reactive ketones (excluding diaryl/α,β-unsaturated/α-hetero) is 1. The molecule has 0 aliphatic rings. The van der Waals surface area contributed by atoms with E-state index in [4.69, 9.17) is 11.0 Å². The summed E-state index contributed by atoms with van der Waals surface area (Å²) >= 11 is 0. The molecule has 0 fully saturated rings. The van der Waals surface area contributed by atoms with Crippen molar-refractivity contribution in [3.63, 3.8) is 0 Å². The Morgan fingerprint density at radius 1 is 1.60 bits per heavy atom. The normalized spacial score (nSPS) is 9.33. The van der Waals surface area contributed by atoms with Crippen LogP contribution in [0.2, 0.25) is 0 Å². The minimum atomic E-state index is -0.757. The number of hydrogen-bond acceptors (Lipinski definition) is 5. The van der Waals surface area contributed by atoms with E-state index >= 15 is 0 Å². The van der Waals surface area contributed by atoms with Crippen LogP contribution in [0.4, 0.5) is 11.4 Å². The molecule has 0 radical (unpaired) electrons. The molecule has 0 atom stereocenters. The predicted molar refractivity (Wildman–Crippen MR) is 52.2 cm³/mol. The summed E-state index contributed by atoms with van der Waals surface area (Å²) in [6.07, 6.45) is 0. The standard InChI is InChI=1S/C9H7N3O3/c1-5(13)8-6(4-10)2-3-7(11)9(8)12(14)15/h2-3H,11H2,1H3. The van der Waals surface area contributed by atoms with Crippen molar-refractivity contribution in [3.05, 3.63) is 33.4 Å². The van der Waals surface area contributed by atoms with Crippen LogP contribution in [0.15, 0.2) is 12.1 Å². The molecule has 1 aromatic carbocycles. The minimum Gasteiger partial charge on any atom is -0.393 e. The van der Waals surface area contributed by atoms with E-state index in [0.717, 1.165) is 6.92 Å². The van der Waals surface area contributed by atoms with E-state index in [1.54, 1.807) is 6.07 Å². The zero-order chi connectivity index (χ0) is 11.6. The second-order valence-corrected chi connectivity index (χ2v) is 2.85. The van der Waals surface area contributed by atoms with Gasteiger partial charge >= 0.3 is 5.69 Å². The SMILES string of the molecule is CC(=O)c1c(C#N)ccc(N)c1[N+](=O)[O-]. The van der Waals surface area contributed by atoms with E-state index in [2.05, 4.69) is 0 Å². The fourth-order valence-electron chi connectivity index (χ4n) is 1.25. The number of hydrogen-bond donors (Lipinski definition) is 1. The lowest BCUT2D eigenvalue weighted by Crippen LogP contribution is -2.06. The van der Waals surface area contributed by atoms with Gasteiger partial charge in [0.15, 0.2) is 5.78 Å². The number of anilines is 1. The topological polar surface area (TPSA) is 110 Å². The lowest BCUT2D eigenvalue weighted by atomic mass is 10.0. The molecule has 1 rings (SSSR count). The van der Waals surface area contributed by atoms with Crippen molar-refractivity contribution >= 4 is 17.2 Å². The van der Waals surface area contributed by atoms with Crippen molar-refractivity contribution < 1.29 is 9.72 Å². The summed E-state index contributed by atoms with van der Waals surface area (Å²) in [4.78, 5) is 21.1. The Bertz CT molecular complexity index is 488. The molecule has 6 heteroatoms. The molecule has 0 unspecified atom stereocenters. The predicted octanol–water partition coefficient (Wildman–Crippen LogP) is 1.25. The molecule has 15 heavy (non-hydrogen) atoms. The zero-order valence-corrected chi connectivity index (χ0v) is 7.85. The molecule has 2 N–H and O–H groups in total. The largest absolute Gasteiger partial charge is 0.393 e. The van der Waals surface area contributed by atoms with Gasteiger partial charge in [0.1, 0.15) is 17.3 Å². The van der Waals surface area contributed by atoms with Crippen LogP contribution in [0.1, 0.15) is 22.8 Å². The Kier molecular flexibility index (Phi) is 2.67. The van der Waals surface area contributed by atoms with Gasteiger partial charge in [-0.1, -0.05) is 0 Å². The highest BCUT2D eigenvalue weighted by Gasteiger charge is 2.24. The van der Waals surface area contributed by atoms with E-state index in [0.29, 0.717) is 0 Å². The van der Waals surface area contributed by atoms with E-state index in [9.17, 15) is 14.9 Å². The van der Waals surface area contributed by atoms with Gasteiger partial charge in [0.2, 0.25) is 0 Å². The average Bonchev–Trinajstić information content (AvgIpc) is 2.16. The van der Waals surface area contributed by atoms with E-state index < -0.39 is 16.4 Å². The van der Waals surface area contributed by atoms with Crippen LogP contribution in [-0.4, -0.2) is 10.7 Å². The van der Waals surface area contributed by atoms with Gasteiger partial charge in [-0.3, -0.25) is 14.9 Å². The molecule has 0 heterocycles. The number of nitrogens with two attached hydrogens (primary N) is 1. The fraction of sp³-hybridized carbons (Fsp3) is 0.111. The van der Waals surface area contributed by atoms with Crippen LogP contribution in [0.25, 0.3) is 0 Å². The first-order chi connectivity index (χ1) is 6.99. The van der Waals surface area contributed by atoms with Crippen LogP contribution >= 0.6 is 0 Å². The van der Waals surface area contributed by atoms with Crippen LogP contribution in [0, 0.1) is 21.4 Å². The first-order valence-corrected chi connectivity index (χ1v) is 3.97. The highest BCUT2D eigenvalue weighted by Crippen LogP contribution is 2.29. The smallest absolute Gasteiger partial charge is 0.304 e. The molecule has 0 aromatic heterocycles. The van der Waals surface area contributed by atoms with Gasteiger partial charge in [-0.15, -0.1) is 0 Å². The Balaban J connectivity index is 3.68. The number of nitro benzene ring substituents is 1. The average molecular weight is 205 g/mol. The summed E-state index contributed by atoms with van der Waals surface area (Å²) in [7, 11) is 0. The molecule has 6 nitrogen and oxygen atoms in total. The Morgan fingerprint density at radius 2 is 2.20 bits per heavy atom. The Morgan fingerprint density at radius 3 is 2.60 bits per heavy atom. The van der Waals surface area contributed by atoms with Gasteiger partial charge < -0.3 is 5.73 Å².